The zero-order valence-electron chi connectivity index (χ0n) is 9.19. The lowest BCUT2D eigenvalue weighted by molar-refractivity contribution is 0.539. The Morgan fingerprint density at radius 1 is 1.62 bits per heavy atom. The van der Waals surface area contributed by atoms with E-state index in [1.54, 1.807) is 11.3 Å². The van der Waals surface area contributed by atoms with Gasteiger partial charge in [0.1, 0.15) is 4.34 Å². The predicted octanol–water partition coefficient (Wildman–Crippen LogP) is 4.54. The van der Waals surface area contributed by atoms with Gasteiger partial charge in [-0.25, -0.2) is 0 Å². The number of halogens is 2. The summed E-state index contributed by atoms with van der Waals surface area (Å²) in [6.07, 6.45) is 2.69. The van der Waals surface area contributed by atoms with Crippen LogP contribution in [0.2, 0.25) is 4.34 Å². The first-order chi connectivity index (χ1) is 7.59. The summed E-state index contributed by atoms with van der Waals surface area (Å²) in [6.45, 7) is 4.37. The fourth-order valence-corrected chi connectivity index (χ4v) is 4.94. The second kappa shape index (κ2) is 5.61. The van der Waals surface area contributed by atoms with Crippen molar-refractivity contribution in [3.8, 4) is 0 Å². The smallest absolute Gasteiger partial charge is 0.107 e. The van der Waals surface area contributed by atoms with Crippen molar-refractivity contribution in [2.75, 3.05) is 12.3 Å². The summed E-state index contributed by atoms with van der Waals surface area (Å²) in [6, 6.07) is 2.10. The molecule has 1 saturated heterocycles. The third-order valence-corrected chi connectivity index (χ3v) is 6.81. The Balaban J connectivity index is 1.79. The zero-order chi connectivity index (χ0) is 11.6. The number of hydrogen-bond donors (Lipinski definition) is 1. The molecule has 1 aliphatic heterocycles. The van der Waals surface area contributed by atoms with Crippen molar-refractivity contribution in [1.82, 2.24) is 5.32 Å². The summed E-state index contributed by atoms with van der Waals surface area (Å²) in [5.74, 6) is 1.31. The van der Waals surface area contributed by atoms with Crippen LogP contribution < -0.4 is 5.32 Å². The molecule has 1 nitrogen and oxygen atoms in total. The fourth-order valence-electron chi connectivity index (χ4n) is 1.90. The van der Waals surface area contributed by atoms with Gasteiger partial charge in [-0.3, -0.25) is 0 Å². The lowest BCUT2D eigenvalue weighted by Crippen LogP contribution is -2.32. The number of thiophene rings is 1. The van der Waals surface area contributed by atoms with Crippen LogP contribution in [0.1, 0.15) is 24.6 Å². The third kappa shape index (κ3) is 3.39. The van der Waals surface area contributed by atoms with E-state index in [-0.39, 0.29) is 0 Å². The van der Waals surface area contributed by atoms with Gasteiger partial charge >= 0.3 is 0 Å². The minimum Gasteiger partial charge on any atom is -0.310 e. The fraction of sp³-hybridized carbons (Fsp3) is 0.636. The Bertz CT molecular complexity index is 341. The maximum absolute atomic E-state index is 6.00. The summed E-state index contributed by atoms with van der Waals surface area (Å²) >= 11 is 13.2. The molecule has 0 aromatic carbocycles. The van der Waals surface area contributed by atoms with E-state index in [2.05, 4.69) is 46.0 Å². The largest absolute Gasteiger partial charge is 0.310 e. The molecule has 2 heterocycles. The van der Waals surface area contributed by atoms with Crippen LogP contribution in [-0.4, -0.2) is 17.0 Å². The molecule has 1 aromatic rings. The maximum atomic E-state index is 6.00. The van der Waals surface area contributed by atoms with Gasteiger partial charge in [0.25, 0.3) is 0 Å². The second-order valence-electron chi connectivity index (χ2n) is 4.34. The van der Waals surface area contributed by atoms with Gasteiger partial charge in [0.2, 0.25) is 0 Å². The molecule has 2 rings (SSSR count). The molecule has 0 spiro atoms. The van der Waals surface area contributed by atoms with Gasteiger partial charge < -0.3 is 5.32 Å². The topological polar surface area (TPSA) is 12.0 Å². The van der Waals surface area contributed by atoms with E-state index >= 15 is 0 Å². The average Bonchev–Trinajstić information content (AvgIpc) is 2.76. The van der Waals surface area contributed by atoms with Crippen LogP contribution in [0.3, 0.4) is 0 Å². The lowest BCUT2D eigenvalue weighted by Gasteiger charge is -2.22. The van der Waals surface area contributed by atoms with Crippen LogP contribution in [0.4, 0.5) is 0 Å². The second-order valence-corrected chi connectivity index (χ2v) is 8.62. The predicted molar refractivity (Wildman–Crippen MR) is 78.8 cm³/mol. The monoisotopic (exact) mass is 339 g/mol. The SMILES string of the molecule is CC1(CNCc2cc(Br)c(Cl)s2)CCCS1. The van der Waals surface area contributed by atoms with Crippen LogP contribution in [0.25, 0.3) is 0 Å². The first-order valence-electron chi connectivity index (χ1n) is 5.37. The van der Waals surface area contributed by atoms with Crippen molar-refractivity contribution in [3.05, 3.63) is 19.8 Å². The first kappa shape index (κ1) is 13.2. The van der Waals surface area contributed by atoms with Crippen LogP contribution in [-0.2, 0) is 6.54 Å². The van der Waals surface area contributed by atoms with E-state index < -0.39 is 0 Å². The molecular formula is C11H15BrClNS2. The Hall–Kier alpha value is 0.780. The van der Waals surface area contributed by atoms with Crippen molar-refractivity contribution < 1.29 is 0 Å². The minimum absolute atomic E-state index is 0.443. The van der Waals surface area contributed by atoms with Gasteiger partial charge in [0.15, 0.2) is 0 Å². The quantitative estimate of drug-likeness (QED) is 0.863. The highest BCUT2D eigenvalue weighted by Crippen LogP contribution is 2.37. The van der Waals surface area contributed by atoms with Crippen LogP contribution in [0, 0.1) is 0 Å². The summed E-state index contributed by atoms with van der Waals surface area (Å²) in [7, 11) is 0. The van der Waals surface area contributed by atoms with Crippen LogP contribution in [0.15, 0.2) is 10.5 Å². The molecule has 1 aromatic heterocycles. The van der Waals surface area contributed by atoms with Gasteiger partial charge in [0.05, 0.1) is 0 Å². The van der Waals surface area contributed by atoms with Crippen LogP contribution in [0.5, 0.6) is 0 Å². The molecule has 1 aliphatic rings. The van der Waals surface area contributed by atoms with Crippen molar-refractivity contribution in [2.24, 2.45) is 0 Å². The zero-order valence-corrected chi connectivity index (χ0v) is 13.2. The van der Waals surface area contributed by atoms with Gasteiger partial charge in [0, 0.05) is 27.2 Å². The Morgan fingerprint density at radius 2 is 2.44 bits per heavy atom. The van der Waals surface area contributed by atoms with Crippen molar-refractivity contribution in [1.29, 1.82) is 0 Å². The van der Waals surface area contributed by atoms with Gasteiger partial charge in [-0.1, -0.05) is 11.6 Å². The van der Waals surface area contributed by atoms with Crippen molar-refractivity contribution in [3.63, 3.8) is 0 Å². The molecule has 5 heteroatoms. The molecule has 0 bridgehead atoms. The molecule has 16 heavy (non-hydrogen) atoms. The summed E-state index contributed by atoms with van der Waals surface area (Å²) in [4.78, 5) is 1.29. The Labute approximate surface area is 118 Å². The van der Waals surface area contributed by atoms with Gasteiger partial charge in [-0.05, 0) is 47.5 Å². The lowest BCUT2D eigenvalue weighted by atomic mass is 10.1. The van der Waals surface area contributed by atoms with Crippen molar-refractivity contribution >= 4 is 50.6 Å². The normalized spacial score (nSPS) is 25.2. The molecule has 1 unspecified atom stereocenters. The summed E-state index contributed by atoms with van der Waals surface area (Å²) in [5.41, 5.74) is 0. The molecule has 0 radical (unpaired) electrons. The van der Waals surface area contributed by atoms with E-state index in [0.717, 1.165) is 21.9 Å². The van der Waals surface area contributed by atoms with Gasteiger partial charge in [-0.2, -0.15) is 11.8 Å². The van der Waals surface area contributed by atoms with Gasteiger partial charge in [-0.15, -0.1) is 11.3 Å². The summed E-state index contributed by atoms with van der Waals surface area (Å²) in [5, 5.41) is 3.53. The molecule has 1 atom stereocenters. The molecule has 0 amide bonds. The van der Waals surface area contributed by atoms with E-state index in [1.165, 1.54) is 23.5 Å². The van der Waals surface area contributed by atoms with E-state index in [0.29, 0.717) is 4.75 Å². The number of thioether (sulfide) groups is 1. The highest BCUT2D eigenvalue weighted by molar-refractivity contribution is 9.10. The Morgan fingerprint density at radius 3 is 3.00 bits per heavy atom. The molecule has 1 N–H and O–H groups in total. The van der Waals surface area contributed by atoms with Crippen LogP contribution >= 0.6 is 50.6 Å². The Kier molecular flexibility index (Phi) is 4.64. The highest BCUT2D eigenvalue weighted by Gasteiger charge is 2.28. The van der Waals surface area contributed by atoms with E-state index in [1.807, 2.05) is 0 Å². The molecule has 0 aliphatic carbocycles. The third-order valence-electron chi connectivity index (χ3n) is 2.79. The number of nitrogens with one attached hydrogen (secondary N) is 1. The number of hydrogen-bond acceptors (Lipinski definition) is 3. The molecule has 90 valence electrons. The summed E-state index contributed by atoms with van der Waals surface area (Å²) < 4.78 is 2.30. The standard InChI is InChI=1S/C11H15BrClNS2/c1-11(3-2-4-15-11)7-14-6-8-5-9(12)10(13)16-8/h5,14H,2-4,6-7H2,1H3. The number of rotatable bonds is 4. The minimum atomic E-state index is 0.443. The van der Waals surface area contributed by atoms with E-state index in [9.17, 15) is 0 Å². The first-order valence-corrected chi connectivity index (χ1v) is 8.35. The maximum Gasteiger partial charge on any atom is 0.107 e. The van der Waals surface area contributed by atoms with Crippen molar-refractivity contribution in [2.45, 2.75) is 31.1 Å². The van der Waals surface area contributed by atoms with E-state index in [4.69, 9.17) is 11.6 Å². The molecular weight excluding hydrogens is 326 g/mol. The molecule has 0 saturated carbocycles. The highest BCUT2D eigenvalue weighted by atomic mass is 79.9. The average molecular weight is 341 g/mol. The molecule has 1 fully saturated rings.